The molecule has 1 atom stereocenters. The van der Waals surface area contributed by atoms with Crippen LogP contribution in [-0.2, 0) is 16.2 Å². The van der Waals surface area contributed by atoms with Crippen LogP contribution in [0.5, 0.6) is 0 Å². The molecule has 0 aliphatic carbocycles. The van der Waals surface area contributed by atoms with E-state index >= 15 is 0 Å². The standard InChI is InChI=1S/C15H19BrF3NO/c1-2-21-12-4-3-7-20(10-12)14-6-5-11(9-16)8-13(14)15(17,18)19/h5-6,8,12H,2-4,7,9-10H2,1H3. The van der Waals surface area contributed by atoms with Crippen molar-refractivity contribution in [1.29, 1.82) is 0 Å². The van der Waals surface area contributed by atoms with Gasteiger partial charge in [-0.1, -0.05) is 22.0 Å². The molecule has 1 aromatic carbocycles. The largest absolute Gasteiger partial charge is 0.418 e. The van der Waals surface area contributed by atoms with Gasteiger partial charge in [0.1, 0.15) is 0 Å². The highest BCUT2D eigenvalue weighted by molar-refractivity contribution is 9.08. The fourth-order valence-corrected chi connectivity index (χ4v) is 3.05. The molecule has 1 aliphatic rings. The summed E-state index contributed by atoms with van der Waals surface area (Å²) in [5, 5.41) is 0.415. The minimum absolute atomic E-state index is 0.0145. The Morgan fingerprint density at radius 2 is 2.14 bits per heavy atom. The van der Waals surface area contributed by atoms with E-state index in [-0.39, 0.29) is 11.8 Å². The first kappa shape index (κ1) is 16.6. The van der Waals surface area contributed by atoms with Crippen molar-refractivity contribution >= 4 is 21.6 Å². The first-order valence-corrected chi connectivity index (χ1v) is 8.20. The minimum Gasteiger partial charge on any atom is -0.377 e. The number of benzene rings is 1. The molecule has 6 heteroatoms. The molecule has 0 amide bonds. The van der Waals surface area contributed by atoms with E-state index in [1.165, 1.54) is 6.07 Å². The van der Waals surface area contributed by atoms with Gasteiger partial charge in [-0.2, -0.15) is 13.2 Å². The molecule has 0 N–H and O–H groups in total. The quantitative estimate of drug-likeness (QED) is 0.722. The lowest BCUT2D eigenvalue weighted by Gasteiger charge is -2.35. The summed E-state index contributed by atoms with van der Waals surface area (Å²) in [6, 6.07) is 4.55. The third kappa shape index (κ3) is 4.13. The molecule has 1 fully saturated rings. The van der Waals surface area contributed by atoms with Crippen LogP contribution in [0.2, 0.25) is 0 Å². The molecule has 2 nitrogen and oxygen atoms in total. The molecular weight excluding hydrogens is 347 g/mol. The van der Waals surface area contributed by atoms with E-state index in [0.717, 1.165) is 12.8 Å². The molecule has 1 aromatic rings. The van der Waals surface area contributed by atoms with Gasteiger partial charge in [0, 0.05) is 30.7 Å². The number of hydrogen-bond donors (Lipinski definition) is 0. The molecule has 1 aliphatic heterocycles. The Labute approximate surface area is 131 Å². The number of piperidine rings is 1. The Bertz CT molecular complexity index is 476. The Morgan fingerprint density at radius 3 is 2.76 bits per heavy atom. The molecule has 1 saturated heterocycles. The van der Waals surface area contributed by atoms with Crippen LogP contribution in [0, 0.1) is 0 Å². The summed E-state index contributed by atoms with van der Waals surface area (Å²) in [7, 11) is 0. The van der Waals surface area contributed by atoms with Crippen molar-refractivity contribution < 1.29 is 17.9 Å². The van der Waals surface area contributed by atoms with Crippen LogP contribution >= 0.6 is 15.9 Å². The number of halogens is 4. The van der Waals surface area contributed by atoms with Crippen molar-refractivity contribution in [3.05, 3.63) is 29.3 Å². The highest BCUT2D eigenvalue weighted by Crippen LogP contribution is 2.38. The van der Waals surface area contributed by atoms with Gasteiger partial charge in [0.15, 0.2) is 0 Å². The first-order valence-electron chi connectivity index (χ1n) is 7.08. The van der Waals surface area contributed by atoms with Gasteiger partial charge in [0.2, 0.25) is 0 Å². The molecule has 0 spiro atoms. The summed E-state index contributed by atoms with van der Waals surface area (Å²) >= 11 is 3.21. The maximum atomic E-state index is 13.3. The van der Waals surface area contributed by atoms with Crippen LogP contribution in [0.15, 0.2) is 18.2 Å². The van der Waals surface area contributed by atoms with E-state index in [4.69, 9.17) is 4.74 Å². The van der Waals surface area contributed by atoms with E-state index < -0.39 is 11.7 Å². The van der Waals surface area contributed by atoms with Crippen molar-refractivity contribution in [2.24, 2.45) is 0 Å². The lowest BCUT2D eigenvalue weighted by atomic mass is 10.0. The molecule has 1 unspecified atom stereocenters. The zero-order chi connectivity index (χ0) is 15.5. The van der Waals surface area contributed by atoms with Crippen LogP contribution in [0.4, 0.5) is 18.9 Å². The van der Waals surface area contributed by atoms with Crippen LogP contribution in [-0.4, -0.2) is 25.8 Å². The van der Waals surface area contributed by atoms with Crippen molar-refractivity contribution in [2.75, 3.05) is 24.6 Å². The summed E-state index contributed by atoms with van der Waals surface area (Å²) < 4.78 is 45.4. The topological polar surface area (TPSA) is 12.5 Å². The van der Waals surface area contributed by atoms with E-state index in [1.54, 1.807) is 17.0 Å². The molecule has 21 heavy (non-hydrogen) atoms. The molecule has 1 heterocycles. The fraction of sp³-hybridized carbons (Fsp3) is 0.600. The number of anilines is 1. The Balaban J connectivity index is 2.29. The molecule has 0 radical (unpaired) electrons. The summed E-state index contributed by atoms with van der Waals surface area (Å²) in [5.74, 6) is 0. The van der Waals surface area contributed by atoms with Gasteiger partial charge in [0.05, 0.1) is 11.7 Å². The summed E-state index contributed by atoms with van der Waals surface area (Å²) in [6.07, 6.45) is -2.57. The summed E-state index contributed by atoms with van der Waals surface area (Å²) in [6.45, 7) is 3.66. The van der Waals surface area contributed by atoms with Crippen LogP contribution in [0.1, 0.15) is 30.9 Å². The highest BCUT2D eigenvalue weighted by Gasteiger charge is 2.36. The van der Waals surface area contributed by atoms with Crippen molar-refractivity contribution in [1.82, 2.24) is 0 Å². The van der Waals surface area contributed by atoms with E-state index in [1.807, 2.05) is 6.92 Å². The van der Waals surface area contributed by atoms with Crippen LogP contribution in [0.25, 0.3) is 0 Å². The van der Waals surface area contributed by atoms with Crippen molar-refractivity contribution in [3.63, 3.8) is 0 Å². The molecule has 0 bridgehead atoms. The van der Waals surface area contributed by atoms with Gasteiger partial charge >= 0.3 is 6.18 Å². The second-order valence-electron chi connectivity index (χ2n) is 5.15. The normalized spacial score (nSPS) is 19.9. The smallest absolute Gasteiger partial charge is 0.377 e. The zero-order valence-electron chi connectivity index (χ0n) is 11.9. The van der Waals surface area contributed by atoms with Crippen LogP contribution in [0.3, 0.4) is 0 Å². The number of ether oxygens (including phenoxy) is 1. The Hall–Kier alpha value is -0.750. The summed E-state index contributed by atoms with van der Waals surface area (Å²) in [5.41, 5.74) is 0.331. The van der Waals surface area contributed by atoms with Crippen molar-refractivity contribution in [3.8, 4) is 0 Å². The third-order valence-electron chi connectivity index (χ3n) is 3.64. The Kier molecular flexibility index (Phi) is 5.54. The fourth-order valence-electron chi connectivity index (χ4n) is 2.70. The molecule has 0 aromatic heterocycles. The van der Waals surface area contributed by atoms with E-state index in [9.17, 15) is 13.2 Å². The number of nitrogens with zero attached hydrogens (tertiary/aromatic N) is 1. The first-order chi connectivity index (χ1) is 9.95. The second kappa shape index (κ2) is 7.01. The lowest BCUT2D eigenvalue weighted by Crippen LogP contribution is -2.40. The van der Waals surface area contributed by atoms with Gasteiger partial charge in [-0.25, -0.2) is 0 Å². The third-order valence-corrected chi connectivity index (χ3v) is 4.29. The predicted molar refractivity (Wildman–Crippen MR) is 80.9 cm³/mol. The molecule has 118 valence electrons. The monoisotopic (exact) mass is 365 g/mol. The van der Waals surface area contributed by atoms with Gasteiger partial charge in [-0.05, 0) is 37.5 Å². The average molecular weight is 366 g/mol. The Morgan fingerprint density at radius 1 is 1.38 bits per heavy atom. The van der Waals surface area contributed by atoms with E-state index in [0.29, 0.717) is 30.6 Å². The zero-order valence-corrected chi connectivity index (χ0v) is 13.5. The minimum atomic E-state index is -4.34. The maximum Gasteiger partial charge on any atom is 0.418 e. The van der Waals surface area contributed by atoms with Gasteiger partial charge in [-0.3, -0.25) is 0 Å². The van der Waals surface area contributed by atoms with Crippen LogP contribution < -0.4 is 4.90 Å². The number of hydrogen-bond acceptors (Lipinski definition) is 2. The van der Waals surface area contributed by atoms with Gasteiger partial charge < -0.3 is 9.64 Å². The lowest BCUT2D eigenvalue weighted by molar-refractivity contribution is -0.137. The summed E-state index contributed by atoms with van der Waals surface area (Å²) in [4.78, 5) is 1.80. The highest BCUT2D eigenvalue weighted by atomic mass is 79.9. The van der Waals surface area contributed by atoms with Gasteiger partial charge in [-0.15, -0.1) is 0 Å². The second-order valence-corrected chi connectivity index (χ2v) is 5.71. The van der Waals surface area contributed by atoms with E-state index in [2.05, 4.69) is 15.9 Å². The SMILES string of the molecule is CCOC1CCCN(c2ccc(CBr)cc2C(F)(F)F)C1. The van der Waals surface area contributed by atoms with Crippen molar-refractivity contribution in [2.45, 2.75) is 37.4 Å². The average Bonchev–Trinajstić information content (AvgIpc) is 2.46. The van der Waals surface area contributed by atoms with Gasteiger partial charge in [0.25, 0.3) is 0 Å². The predicted octanol–water partition coefficient (Wildman–Crippen LogP) is 4.61. The molecule has 2 rings (SSSR count). The molecule has 0 saturated carbocycles. The maximum absolute atomic E-state index is 13.3. The molecular formula is C15H19BrF3NO. The number of rotatable bonds is 4. The number of alkyl halides is 4.